The van der Waals surface area contributed by atoms with E-state index in [1.807, 2.05) is 36.1 Å². The molecule has 1 N–H and O–H groups in total. The second-order valence-electron chi connectivity index (χ2n) is 5.91. The number of piperidine rings is 1. The number of amides is 1. The lowest BCUT2D eigenvalue weighted by Crippen LogP contribution is -2.51. The van der Waals surface area contributed by atoms with Crippen LogP contribution in [0.5, 0.6) is 0 Å². The van der Waals surface area contributed by atoms with Gasteiger partial charge in [0.25, 0.3) is 0 Å². The molecule has 0 atom stereocenters. The molecule has 0 unspecified atom stereocenters. The van der Waals surface area contributed by atoms with Crippen LogP contribution in [-0.4, -0.2) is 44.2 Å². The van der Waals surface area contributed by atoms with E-state index in [0.29, 0.717) is 24.7 Å². The van der Waals surface area contributed by atoms with Gasteiger partial charge in [-0.05, 0) is 50.6 Å². The van der Waals surface area contributed by atoms with Crippen molar-refractivity contribution < 1.29 is 9.53 Å². The molecule has 0 aromatic heterocycles. The zero-order chi connectivity index (χ0) is 16.0. The van der Waals surface area contributed by atoms with Crippen molar-refractivity contribution in [2.45, 2.75) is 26.3 Å². The topological polar surface area (TPSA) is 41.6 Å². The fourth-order valence-corrected chi connectivity index (χ4v) is 3.33. The van der Waals surface area contributed by atoms with Crippen LogP contribution in [0.4, 0.5) is 0 Å². The molecule has 1 saturated heterocycles. The van der Waals surface area contributed by atoms with E-state index in [1.54, 1.807) is 7.11 Å². The Hall–Kier alpha value is -0.810. The average molecular weight is 361 g/mol. The first kappa shape index (κ1) is 20.2. The molecule has 0 spiro atoms. The van der Waals surface area contributed by atoms with Gasteiger partial charge in [-0.3, -0.25) is 4.79 Å². The van der Waals surface area contributed by atoms with Crippen molar-refractivity contribution in [2.75, 3.05) is 33.4 Å². The molecular weight excluding hydrogens is 335 g/mol. The minimum Gasteiger partial charge on any atom is -0.384 e. The second kappa shape index (κ2) is 9.48. The number of hydrogen-bond acceptors (Lipinski definition) is 3. The quantitative estimate of drug-likeness (QED) is 0.847. The van der Waals surface area contributed by atoms with Crippen molar-refractivity contribution in [3.05, 3.63) is 34.9 Å². The highest BCUT2D eigenvalue weighted by Crippen LogP contribution is 2.32. The van der Waals surface area contributed by atoms with Gasteiger partial charge in [0, 0.05) is 25.2 Å². The molecule has 0 bridgehead atoms. The number of nitrogens with one attached hydrogen (secondary N) is 1. The first-order chi connectivity index (χ1) is 10.6. The molecule has 1 aliphatic rings. The van der Waals surface area contributed by atoms with Gasteiger partial charge in [0.05, 0.1) is 12.0 Å². The summed E-state index contributed by atoms with van der Waals surface area (Å²) in [6.45, 7) is 5.51. The normalized spacial score (nSPS) is 16.5. The SMILES string of the molecule is CCN(Cc1cccc(Cl)c1)C(=O)C1(COC)CCNCC1.Cl. The number of rotatable bonds is 6. The second-order valence-corrected chi connectivity index (χ2v) is 6.35. The molecule has 4 nitrogen and oxygen atoms in total. The predicted molar refractivity (Wildman–Crippen MR) is 96.2 cm³/mol. The predicted octanol–water partition coefficient (Wildman–Crippen LogP) is 3.13. The smallest absolute Gasteiger partial charge is 0.231 e. The highest BCUT2D eigenvalue weighted by atomic mass is 35.5. The van der Waals surface area contributed by atoms with Crippen LogP contribution in [0.25, 0.3) is 0 Å². The first-order valence-electron chi connectivity index (χ1n) is 7.85. The Morgan fingerprint density at radius 2 is 2.09 bits per heavy atom. The van der Waals surface area contributed by atoms with Gasteiger partial charge in [0.15, 0.2) is 0 Å². The fraction of sp³-hybridized carbons (Fsp3) is 0.588. The first-order valence-corrected chi connectivity index (χ1v) is 8.22. The molecule has 0 saturated carbocycles. The lowest BCUT2D eigenvalue weighted by molar-refractivity contribution is -0.148. The molecular formula is C17H26Cl2N2O2. The van der Waals surface area contributed by atoms with Gasteiger partial charge in [0.2, 0.25) is 5.91 Å². The number of carbonyl (C=O) groups is 1. The third-order valence-electron chi connectivity index (χ3n) is 4.37. The van der Waals surface area contributed by atoms with Gasteiger partial charge in [-0.25, -0.2) is 0 Å². The Morgan fingerprint density at radius 1 is 1.39 bits per heavy atom. The third kappa shape index (κ3) is 5.08. The Labute approximate surface area is 149 Å². The number of nitrogens with zero attached hydrogens (tertiary/aromatic N) is 1. The molecule has 2 rings (SSSR count). The summed E-state index contributed by atoms with van der Waals surface area (Å²) >= 11 is 6.05. The zero-order valence-corrected chi connectivity index (χ0v) is 15.4. The van der Waals surface area contributed by atoms with E-state index in [-0.39, 0.29) is 18.3 Å². The van der Waals surface area contributed by atoms with Crippen molar-refractivity contribution in [3.8, 4) is 0 Å². The average Bonchev–Trinajstić information content (AvgIpc) is 2.53. The Morgan fingerprint density at radius 3 is 2.65 bits per heavy atom. The molecule has 1 amide bonds. The molecule has 23 heavy (non-hydrogen) atoms. The van der Waals surface area contributed by atoms with Crippen LogP contribution in [-0.2, 0) is 16.1 Å². The number of halogens is 2. The van der Waals surface area contributed by atoms with Crippen molar-refractivity contribution in [2.24, 2.45) is 5.41 Å². The molecule has 1 fully saturated rings. The van der Waals surface area contributed by atoms with Gasteiger partial charge in [0.1, 0.15) is 0 Å². The minimum atomic E-state index is -0.394. The summed E-state index contributed by atoms with van der Waals surface area (Å²) in [4.78, 5) is 15.0. The monoisotopic (exact) mass is 360 g/mol. The van der Waals surface area contributed by atoms with Gasteiger partial charge in [-0.15, -0.1) is 12.4 Å². The molecule has 1 aromatic rings. The van der Waals surface area contributed by atoms with E-state index >= 15 is 0 Å². The van der Waals surface area contributed by atoms with Crippen LogP contribution < -0.4 is 5.32 Å². The summed E-state index contributed by atoms with van der Waals surface area (Å²) in [5.41, 5.74) is 0.665. The van der Waals surface area contributed by atoms with E-state index in [0.717, 1.165) is 31.5 Å². The van der Waals surface area contributed by atoms with Crippen LogP contribution in [0.15, 0.2) is 24.3 Å². The fourth-order valence-electron chi connectivity index (χ4n) is 3.12. The summed E-state index contributed by atoms with van der Waals surface area (Å²) < 4.78 is 5.37. The van der Waals surface area contributed by atoms with Gasteiger partial charge in [-0.2, -0.15) is 0 Å². The van der Waals surface area contributed by atoms with Crippen LogP contribution in [0, 0.1) is 5.41 Å². The molecule has 6 heteroatoms. The Bertz CT molecular complexity index is 500. The van der Waals surface area contributed by atoms with Crippen molar-refractivity contribution in [1.82, 2.24) is 10.2 Å². The molecule has 0 radical (unpaired) electrons. The molecule has 1 aliphatic heterocycles. The third-order valence-corrected chi connectivity index (χ3v) is 4.60. The summed E-state index contributed by atoms with van der Waals surface area (Å²) in [5.74, 6) is 0.193. The van der Waals surface area contributed by atoms with Crippen LogP contribution in [0.1, 0.15) is 25.3 Å². The van der Waals surface area contributed by atoms with Crippen LogP contribution >= 0.6 is 24.0 Å². The number of benzene rings is 1. The summed E-state index contributed by atoms with van der Waals surface area (Å²) in [6.07, 6.45) is 1.65. The lowest BCUT2D eigenvalue weighted by atomic mass is 9.78. The van der Waals surface area contributed by atoms with Crippen molar-refractivity contribution >= 4 is 29.9 Å². The summed E-state index contributed by atoms with van der Waals surface area (Å²) in [6, 6.07) is 7.70. The van der Waals surface area contributed by atoms with E-state index in [9.17, 15) is 4.79 Å². The molecule has 130 valence electrons. The molecule has 0 aliphatic carbocycles. The number of methoxy groups -OCH3 is 1. The zero-order valence-electron chi connectivity index (χ0n) is 13.8. The summed E-state index contributed by atoms with van der Waals surface area (Å²) in [5, 5.41) is 4.03. The van der Waals surface area contributed by atoms with Crippen LogP contribution in [0.3, 0.4) is 0 Å². The van der Waals surface area contributed by atoms with Crippen molar-refractivity contribution in [1.29, 1.82) is 0 Å². The Balaban J connectivity index is 0.00000264. The van der Waals surface area contributed by atoms with Gasteiger partial charge < -0.3 is 15.0 Å². The molecule has 1 heterocycles. The number of hydrogen-bond donors (Lipinski definition) is 1. The highest BCUT2D eigenvalue weighted by Gasteiger charge is 2.41. The number of ether oxygens (including phenoxy) is 1. The van der Waals surface area contributed by atoms with E-state index in [1.165, 1.54) is 0 Å². The van der Waals surface area contributed by atoms with E-state index in [2.05, 4.69) is 5.32 Å². The molecule has 1 aromatic carbocycles. The Kier molecular flexibility index (Phi) is 8.34. The van der Waals surface area contributed by atoms with E-state index in [4.69, 9.17) is 16.3 Å². The van der Waals surface area contributed by atoms with Gasteiger partial charge >= 0.3 is 0 Å². The van der Waals surface area contributed by atoms with Crippen LogP contribution in [0.2, 0.25) is 5.02 Å². The van der Waals surface area contributed by atoms with E-state index < -0.39 is 5.41 Å². The standard InChI is InChI=1S/C17H25ClN2O2.ClH/c1-3-20(12-14-5-4-6-15(18)11-14)16(21)17(13-22-2)7-9-19-10-8-17;/h4-6,11,19H,3,7-10,12-13H2,1-2H3;1H. The largest absolute Gasteiger partial charge is 0.384 e. The maximum absolute atomic E-state index is 13.1. The lowest BCUT2D eigenvalue weighted by Gasteiger charge is -2.39. The maximum atomic E-state index is 13.1. The number of carbonyl (C=O) groups excluding carboxylic acids is 1. The maximum Gasteiger partial charge on any atom is 0.231 e. The van der Waals surface area contributed by atoms with Crippen molar-refractivity contribution in [3.63, 3.8) is 0 Å². The van der Waals surface area contributed by atoms with Gasteiger partial charge in [-0.1, -0.05) is 23.7 Å². The highest BCUT2D eigenvalue weighted by molar-refractivity contribution is 6.30. The summed E-state index contributed by atoms with van der Waals surface area (Å²) in [7, 11) is 1.67. The minimum absolute atomic E-state index is 0.